The van der Waals surface area contributed by atoms with Gasteiger partial charge in [-0.15, -0.1) is 0 Å². The highest BCUT2D eigenvalue weighted by Gasteiger charge is 2.23. The van der Waals surface area contributed by atoms with Crippen LogP contribution in [0.2, 0.25) is 0 Å². The molecule has 0 radical (unpaired) electrons. The van der Waals surface area contributed by atoms with E-state index in [0.29, 0.717) is 25.0 Å². The summed E-state index contributed by atoms with van der Waals surface area (Å²) >= 11 is 0. The fourth-order valence-corrected chi connectivity index (χ4v) is 2.53. The number of aromatic nitrogens is 1. The first kappa shape index (κ1) is 14.4. The molecule has 0 spiro atoms. The molecule has 2 N–H and O–H groups in total. The number of alkyl halides is 1. The van der Waals surface area contributed by atoms with Gasteiger partial charge in [-0.2, -0.15) is 0 Å². The molecule has 0 saturated carbocycles. The van der Waals surface area contributed by atoms with Crippen molar-refractivity contribution in [2.45, 2.75) is 50.9 Å². The Labute approximate surface area is 115 Å². The summed E-state index contributed by atoms with van der Waals surface area (Å²) < 4.78 is 13.0. The van der Waals surface area contributed by atoms with Crippen molar-refractivity contribution in [3.05, 3.63) is 30.1 Å². The summed E-state index contributed by atoms with van der Waals surface area (Å²) in [7, 11) is 0. The molecule has 3 nitrogen and oxygen atoms in total. The number of pyridine rings is 1. The minimum absolute atomic E-state index is 0.302. The third-order valence-electron chi connectivity index (χ3n) is 3.71. The third kappa shape index (κ3) is 5.25. The fourth-order valence-electron chi connectivity index (χ4n) is 2.53. The lowest BCUT2D eigenvalue weighted by Crippen LogP contribution is -2.38. The Morgan fingerprint density at radius 3 is 3.16 bits per heavy atom. The number of nitrogens with one attached hydrogen (secondary N) is 2. The first-order valence-corrected chi connectivity index (χ1v) is 7.24. The molecule has 1 saturated heterocycles. The number of hydrogen-bond acceptors (Lipinski definition) is 3. The quantitative estimate of drug-likeness (QED) is 0.792. The molecule has 106 valence electrons. The van der Waals surface area contributed by atoms with Crippen LogP contribution in [-0.2, 0) is 6.42 Å². The SMILES string of the molecule is CC(CCCc1cccnc1)NC[C@@H]1C[C@H](F)CN1. The first-order valence-electron chi connectivity index (χ1n) is 7.24. The van der Waals surface area contributed by atoms with E-state index in [1.807, 2.05) is 12.3 Å². The van der Waals surface area contributed by atoms with Crippen molar-refractivity contribution in [2.24, 2.45) is 0 Å². The topological polar surface area (TPSA) is 37.0 Å². The zero-order valence-electron chi connectivity index (χ0n) is 11.6. The van der Waals surface area contributed by atoms with Crippen LogP contribution < -0.4 is 10.6 Å². The van der Waals surface area contributed by atoms with Crippen LogP contribution in [0, 0.1) is 0 Å². The second-order valence-corrected chi connectivity index (χ2v) is 5.50. The van der Waals surface area contributed by atoms with Crippen LogP contribution in [0.25, 0.3) is 0 Å². The highest BCUT2D eigenvalue weighted by atomic mass is 19.1. The van der Waals surface area contributed by atoms with Crippen LogP contribution in [0.3, 0.4) is 0 Å². The second kappa shape index (κ2) is 7.56. The van der Waals surface area contributed by atoms with Crippen molar-refractivity contribution in [2.75, 3.05) is 13.1 Å². The third-order valence-corrected chi connectivity index (χ3v) is 3.71. The maximum absolute atomic E-state index is 13.0. The van der Waals surface area contributed by atoms with Crippen LogP contribution in [0.5, 0.6) is 0 Å². The second-order valence-electron chi connectivity index (χ2n) is 5.50. The molecule has 1 unspecified atom stereocenters. The zero-order chi connectivity index (χ0) is 13.5. The van der Waals surface area contributed by atoms with Gasteiger partial charge in [-0.3, -0.25) is 4.98 Å². The monoisotopic (exact) mass is 265 g/mol. The Balaban J connectivity index is 1.56. The lowest BCUT2D eigenvalue weighted by molar-refractivity contribution is 0.351. The van der Waals surface area contributed by atoms with Crippen molar-refractivity contribution in [1.82, 2.24) is 15.6 Å². The largest absolute Gasteiger partial charge is 0.313 e. The van der Waals surface area contributed by atoms with Gasteiger partial charge in [-0.05, 0) is 44.2 Å². The van der Waals surface area contributed by atoms with Crippen LogP contribution in [0.1, 0.15) is 31.7 Å². The lowest BCUT2D eigenvalue weighted by Gasteiger charge is -2.17. The highest BCUT2D eigenvalue weighted by molar-refractivity contribution is 5.08. The fraction of sp³-hybridized carbons (Fsp3) is 0.667. The average Bonchev–Trinajstić information content (AvgIpc) is 2.83. The summed E-state index contributed by atoms with van der Waals surface area (Å²) in [4.78, 5) is 4.12. The van der Waals surface area contributed by atoms with Crippen molar-refractivity contribution < 1.29 is 4.39 Å². The molecule has 19 heavy (non-hydrogen) atoms. The summed E-state index contributed by atoms with van der Waals surface area (Å²) in [5.41, 5.74) is 1.30. The van der Waals surface area contributed by atoms with E-state index in [9.17, 15) is 4.39 Å². The number of rotatable bonds is 7. The summed E-state index contributed by atoms with van der Waals surface area (Å²) in [6.45, 7) is 3.58. The van der Waals surface area contributed by atoms with Gasteiger partial charge in [0.2, 0.25) is 0 Å². The number of aryl methyl sites for hydroxylation is 1. The molecule has 0 aliphatic carbocycles. The minimum Gasteiger partial charge on any atom is -0.313 e. The van der Waals surface area contributed by atoms with Crippen molar-refractivity contribution in [3.63, 3.8) is 0 Å². The molecule has 1 aliphatic rings. The smallest absolute Gasteiger partial charge is 0.114 e. The molecule has 1 aromatic heterocycles. The Kier molecular flexibility index (Phi) is 5.73. The van der Waals surface area contributed by atoms with Crippen molar-refractivity contribution in [3.8, 4) is 0 Å². The van der Waals surface area contributed by atoms with Crippen molar-refractivity contribution >= 4 is 0 Å². The van der Waals surface area contributed by atoms with Gasteiger partial charge in [-0.1, -0.05) is 6.07 Å². The van der Waals surface area contributed by atoms with E-state index in [4.69, 9.17) is 0 Å². The Hall–Kier alpha value is -1.00. The van der Waals surface area contributed by atoms with Gasteiger partial charge in [0.15, 0.2) is 0 Å². The molecule has 0 amide bonds. The van der Waals surface area contributed by atoms with E-state index >= 15 is 0 Å². The van der Waals surface area contributed by atoms with E-state index < -0.39 is 6.17 Å². The van der Waals surface area contributed by atoms with Crippen LogP contribution in [-0.4, -0.2) is 36.3 Å². The normalized spacial score (nSPS) is 24.5. The maximum atomic E-state index is 13.0. The van der Waals surface area contributed by atoms with Crippen LogP contribution in [0.15, 0.2) is 24.5 Å². The average molecular weight is 265 g/mol. The van der Waals surface area contributed by atoms with E-state index in [2.05, 4.69) is 28.6 Å². The predicted octanol–water partition coefficient (Wildman–Crippen LogP) is 2.08. The van der Waals surface area contributed by atoms with Gasteiger partial charge >= 0.3 is 0 Å². The van der Waals surface area contributed by atoms with E-state index in [0.717, 1.165) is 25.8 Å². The molecule has 3 atom stereocenters. The summed E-state index contributed by atoms with van der Waals surface area (Å²) in [5, 5.41) is 6.68. The van der Waals surface area contributed by atoms with Gasteiger partial charge in [0.25, 0.3) is 0 Å². The summed E-state index contributed by atoms with van der Waals surface area (Å²) in [5.74, 6) is 0. The Bertz CT molecular complexity index is 358. The molecule has 1 aromatic rings. The Morgan fingerprint density at radius 1 is 1.58 bits per heavy atom. The zero-order valence-corrected chi connectivity index (χ0v) is 11.6. The molecule has 0 bridgehead atoms. The van der Waals surface area contributed by atoms with Crippen molar-refractivity contribution in [1.29, 1.82) is 0 Å². The summed E-state index contributed by atoms with van der Waals surface area (Å²) in [6, 6.07) is 4.89. The Morgan fingerprint density at radius 2 is 2.47 bits per heavy atom. The molecule has 1 fully saturated rings. The molecule has 2 heterocycles. The van der Waals surface area contributed by atoms with E-state index in [-0.39, 0.29) is 0 Å². The van der Waals surface area contributed by atoms with Gasteiger partial charge in [-0.25, -0.2) is 4.39 Å². The molecule has 4 heteroatoms. The standard InChI is InChI=1S/C15H24FN3/c1-12(18-11-15-8-14(16)10-19-15)4-2-5-13-6-3-7-17-9-13/h3,6-7,9,12,14-15,18-19H,2,4-5,8,10-11H2,1H3/t12?,14-,15-/m0/s1. The molecule has 2 rings (SSSR count). The van der Waals surface area contributed by atoms with Gasteiger partial charge in [0.1, 0.15) is 6.17 Å². The lowest BCUT2D eigenvalue weighted by atomic mass is 10.1. The van der Waals surface area contributed by atoms with Gasteiger partial charge < -0.3 is 10.6 Å². The number of hydrogen-bond donors (Lipinski definition) is 2. The number of nitrogens with zero attached hydrogens (tertiary/aromatic N) is 1. The van der Waals surface area contributed by atoms with Gasteiger partial charge in [0, 0.05) is 37.6 Å². The first-order chi connectivity index (χ1) is 9.24. The van der Waals surface area contributed by atoms with Crippen LogP contribution in [0.4, 0.5) is 4.39 Å². The number of halogens is 1. The minimum atomic E-state index is -0.660. The molecule has 0 aromatic carbocycles. The molecule has 1 aliphatic heterocycles. The summed E-state index contributed by atoms with van der Waals surface area (Å²) in [6.07, 6.45) is 7.10. The van der Waals surface area contributed by atoms with Crippen LogP contribution >= 0.6 is 0 Å². The highest BCUT2D eigenvalue weighted by Crippen LogP contribution is 2.10. The molecular weight excluding hydrogens is 241 g/mol. The molecular formula is C15H24FN3. The van der Waals surface area contributed by atoms with Gasteiger partial charge in [0.05, 0.1) is 0 Å². The van der Waals surface area contributed by atoms with E-state index in [1.54, 1.807) is 6.20 Å². The van der Waals surface area contributed by atoms with E-state index in [1.165, 1.54) is 5.56 Å². The predicted molar refractivity (Wildman–Crippen MR) is 75.9 cm³/mol. The maximum Gasteiger partial charge on any atom is 0.114 e.